The highest BCUT2D eigenvalue weighted by atomic mass is 15.1. The van der Waals surface area contributed by atoms with Gasteiger partial charge in [-0.15, -0.1) is 0 Å². The topological polar surface area (TPSA) is 3.24 Å². The van der Waals surface area contributed by atoms with E-state index in [9.17, 15) is 0 Å². The summed E-state index contributed by atoms with van der Waals surface area (Å²) in [6.45, 7) is 4.71. The zero-order valence-corrected chi connectivity index (χ0v) is 28.2. The van der Waals surface area contributed by atoms with Crippen molar-refractivity contribution in [1.82, 2.24) is 0 Å². The van der Waals surface area contributed by atoms with Crippen LogP contribution < -0.4 is 4.90 Å². The van der Waals surface area contributed by atoms with E-state index >= 15 is 0 Å². The predicted molar refractivity (Wildman–Crippen MR) is 214 cm³/mol. The summed E-state index contributed by atoms with van der Waals surface area (Å²) in [6, 6.07) is 65.1. The van der Waals surface area contributed by atoms with Crippen molar-refractivity contribution in [3.8, 4) is 22.3 Å². The van der Waals surface area contributed by atoms with Gasteiger partial charge in [-0.3, -0.25) is 0 Å². The Hall–Kier alpha value is -6.18. The molecule has 1 heteroatoms. The summed E-state index contributed by atoms with van der Waals surface area (Å²) in [5, 5.41) is 10.0. The van der Waals surface area contributed by atoms with Crippen LogP contribution in [0.25, 0.3) is 65.3 Å². The molecule has 1 aliphatic carbocycles. The van der Waals surface area contributed by atoms with Crippen molar-refractivity contribution in [2.75, 3.05) is 4.90 Å². The number of nitrogens with zero attached hydrogens (tertiary/aromatic N) is 1. The Morgan fingerprint density at radius 1 is 0.360 bits per heavy atom. The molecular formula is C49H35N. The van der Waals surface area contributed by atoms with Gasteiger partial charge in [-0.2, -0.15) is 0 Å². The van der Waals surface area contributed by atoms with Gasteiger partial charge in [-0.25, -0.2) is 0 Å². The monoisotopic (exact) mass is 637 g/mol. The van der Waals surface area contributed by atoms with E-state index in [4.69, 9.17) is 0 Å². The molecule has 0 amide bonds. The molecular weight excluding hydrogens is 603 g/mol. The van der Waals surface area contributed by atoms with Gasteiger partial charge in [0.15, 0.2) is 0 Å². The van der Waals surface area contributed by atoms with Crippen molar-refractivity contribution in [3.05, 3.63) is 187 Å². The van der Waals surface area contributed by atoms with E-state index in [0.29, 0.717) is 0 Å². The lowest BCUT2D eigenvalue weighted by atomic mass is 9.82. The predicted octanol–water partition coefficient (Wildman–Crippen LogP) is 13.7. The molecule has 0 saturated heterocycles. The number of benzene rings is 9. The van der Waals surface area contributed by atoms with Gasteiger partial charge < -0.3 is 4.90 Å². The third-order valence-electron chi connectivity index (χ3n) is 11.0. The second-order valence-corrected chi connectivity index (χ2v) is 14.1. The normalized spacial score (nSPS) is 13.2. The van der Waals surface area contributed by atoms with Crippen LogP contribution >= 0.6 is 0 Å². The number of para-hydroxylation sites is 1. The molecule has 0 radical (unpaired) electrons. The molecule has 0 N–H and O–H groups in total. The molecule has 0 spiro atoms. The Morgan fingerprint density at radius 2 is 0.900 bits per heavy atom. The second-order valence-electron chi connectivity index (χ2n) is 14.1. The van der Waals surface area contributed by atoms with Crippen molar-refractivity contribution in [2.45, 2.75) is 19.3 Å². The van der Waals surface area contributed by atoms with E-state index in [1.165, 1.54) is 82.2 Å². The fraction of sp³-hybridized carbons (Fsp3) is 0.0612. The van der Waals surface area contributed by atoms with Crippen molar-refractivity contribution in [2.24, 2.45) is 0 Å². The molecule has 10 rings (SSSR count). The summed E-state index contributed by atoms with van der Waals surface area (Å²) in [5.41, 5.74) is 11.2. The lowest BCUT2D eigenvalue weighted by Crippen LogP contribution is -2.15. The van der Waals surface area contributed by atoms with Gasteiger partial charge in [0.05, 0.1) is 11.4 Å². The van der Waals surface area contributed by atoms with E-state index in [-0.39, 0.29) is 5.41 Å². The van der Waals surface area contributed by atoms with Gasteiger partial charge in [0.1, 0.15) is 0 Å². The highest BCUT2D eigenvalue weighted by Gasteiger charge is 2.35. The van der Waals surface area contributed by atoms with Crippen LogP contribution in [0.1, 0.15) is 25.0 Å². The molecule has 0 saturated carbocycles. The second kappa shape index (κ2) is 10.9. The number of hydrogen-bond donors (Lipinski definition) is 0. The van der Waals surface area contributed by atoms with E-state index in [2.05, 4.69) is 195 Å². The smallest absolute Gasteiger partial charge is 0.0546 e. The minimum absolute atomic E-state index is 0.0648. The fourth-order valence-electron chi connectivity index (χ4n) is 8.65. The van der Waals surface area contributed by atoms with Crippen LogP contribution in [0.2, 0.25) is 0 Å². The van der Waals surface area contributed by atoms with Crippen molar-refractivity contribution < 1.29 is 0 Å². The summed E-state index contributed by atoms with van der Waals surface area (Å²) >= 11 is 0. The Bertz CT molecular complexity index is 2790. The molecule has 9 aromatic carbocycles. The number of rotatable bonds is 4. The molecule has 0 atom stereocenters. The van der Waals surface area contributed by atoms with Crippen LogP contribution in [0.5, 0.6) is 0 Å². The molecule has 0 bridgehead atoms. The van der Waals surface area contributed by atoms with Crippen LogP contribution in [-0.2, 0) is 5.41 Å². The summed E-state index contributed by atoms with van der Waals surface area (Å²) in [4.78, 5) is 2.52. The Labute approximate surface area is 292 Å². The van der Waals surface area contributed by atoms with E-state index in [1.807, 2.05) is 0 Å². The van der Waals surface area contributed by atoms with E-state index in [1.54, 1.807) is 0 Å². The average Bonchev–Trinajstić information content (AvgIpc) is 3.40. The lowest BCUT2D eigenvalue weighted by Gasteiger charge is -2.30. The van der Waals surface area contributed by atoms with Gasteiger partial charge in [0.25, 0.3) is 0 Å². The third kappa shape index (κ3) is 4.20. The minimum atomic E-state index is -0.0648. The first-order valence-electron chi connectivity index (χ1n) is 17.5. The number of anilines is 3. The fourth-order valence-corrected chi connectivity index (χ4v) is 8.65. The molecule has 1 nitrogen and oxygen atoms in total. The molecule has 1 aliphatic rings. The Morgan fingerprint density at radius 3 is 1.74 bits per heavy atom. The van der Waals surface area contributed by atoms with Crippen LogP contribution in [0.15, 0.2) is 176 Å². The maximum atomic E-state index is 2.52. The van der Waals surface area contributed by atoms with Gasteiger partial charge in [-0.1, -0.05) is 166 Å². The highest BCUT2D eigenvalue weighted by molar-refractivity contribution is 6.24. The lowest BCUT2D eigenvalue weighted by molar-refractivity contribution is 0.660. The molecule has 0 unspecified atom stereocenters. The van der Waals surface area contributed by atoms with Crippen molar-refractivity contribution in [1.29, 1.82) is 0 Å². The molecule has 0 heterocycles. The largest absolute Gasteiger partial charge is 0.309 e. The standard InChI is InChI=1S/C49H35N/c1-49(2)43-22-9-7-19-40(43)42-31-36(29-30-44(42)49)50(45-23-10-8-20-41(45)39-21-11-15-32-13-3-5-17-37(32)39)46-24-12-16-34-27-28-35-26-25-33-14-4-6-18-38(33)47(35)48(34)46/h3-31H,1-2H3. The quantitative estimate of drug-likeness (QED) is 0.174. The first-order chi connectivity index (χ1) is 24.6. The molecule has 50 heavy (non-hydrogen) atoms. The molecule has 236 valence electrons. The summed E-state index contributed by atoms with van der Waals surface area (Å²) < 4.78 is 0. The van der Waals surface area contributed by atoms with Gasteiger partial charge in [-0.05, 0) is 89.8 Å². The maximum absolute atomic E-state index is 2.52. The van der Waals surface area contributed by atoms with Crippen LogP contribution in [-0.4, -0.2) is 0 Å². The van der Waals surface area contributed by atoms with Gasteiger partial charge in [0.2, 0.25) is 0 Å². The summed E-state index contributed by atoms with van der Waals surface area (Å²) in [5.74, 6) is 0. The van der Waals surface area contributed by atoms with Crippen LogP contribution in [0.3, 0.4) is 0 Å². The number of hydrogen-bond acceptors (Lipinski definition) is 1. The zero-order valence-electron chi connectivity index (χ0n) is 28.2. The highest BCUT2D eigenvalue weighted by Crippen LogP contribution is 2.52. The van der Waals surface area contributed by atoms with Crippen molar-refractivity contribution >= 4 is 60.2 Å². The Kier molecular flexibility index (Phi) is 6.29. The first kappa shape index (κ1) is 28.8. The van der Waals surface area contributed by atoms with Crippen LogP contribution in [0.4, 0.5) is 17.1 Å². The first-order valence-corrected chi connectivity index (χ1v) is 17.5. The number of fused-ring (bicyclic) bond motifs is 9. The maximum Gasteiger partial charge on any atom is 0.0546 e. The van der Waals surface area contributed by atoms with Crippen LogP contribution in [0, 0.1) is 0 Å². The SMILES string of the molecule is CC1(C)c2ccccc2-c2cc(N(c3ccccc3-c3cccc4ccccc34)c3cccc4ccc5ccc6ccccc6c5c34)ccc21. The minimum Gasteiger partial charge on any atom is -0.309 e. The summed E-state index contributed by atoms with van der Waals surface area (Å²) in [6.07, 6.45) is 0. The van der Waals surface area contributed by atoms with E-state index in [0.717, 1.165) is 11.4 Å². The van der Waals surface area contributed by atoms with Crippen molar-refractivity contribution in [3.63, 3.8) is 0 Å². The average molecular weight is 638 g/mol. The zero-order chi connectivity index (χ0) is 33.4. The molecule has 0 aliphatic heterocycles. The Balaban J connectivity index is 1.33. The third-order valence-corrected chi connectivity index (χ3v) is 11.0. The van der Waals surface area contributed by atoms with Gasteiger partial charge >= 0.3 is 0 Å². The molecule has 0 aromatic heterocycles. The molecule has 0 fully saturated rings. The molecule has 9 aromatic rings. The summed E-state index contributed by atoms with van der Waals surface area (Å²) in [7, 11) is 0. The van der Waals surface area contributed by atoms with E-state index < -0.39 is 0 Å². The van der Waals surface area contributed by atoms with Gasteiger partial charge in [0, 0.05) is 22.1 Å².